The predicted octanol–water partition coefficient (Wildman–Crippen LogP) is 4.79. The maximum absolute atomic E-state index is 15.9. The summed E-state index contributed by atoms with van der Waals surface area (Å²) in [6.07, 6.45) is -1.91. The van der Waals surface area contributed by atoms with E-state index in [0.717, 1.165) is 16.0 Å². The number of anilines is 1. The summed E-state index contributed by atoms with van der Waals surface area (Å²) in [5, 5.41) is 18.0. The molecule has 1 aromatic heterocycles. The minimum Gasteiger partial charge on any atom is -0.491 e. The smallest absolute Gasteiger partial charge is 0.421 e. The Morgan fingerprint density at radius 2 is 1.56 bits per heavy atom. The van der Waals surface area contributed by atoms with Crippen molar-refractivity contribution >= 4 is 40.6 Å². The van der Waals surface area contributed by atoms with Crippen LogP contribution in [0.3, 0.4) is 0 Å². The number of imide groups is 1. The van der Waals surface area contributed by atoms with Gasteiger partial charge in [0.1, 0.15) is 48.6 Å². The zero-order valence-corrected chi connectivity index (χ0v) is 34.1. The number of cyclic esters (lactones) is 1. The van der Waals surface area contributed by atoms with Crippen molar-refractivity contribution in [2.45, 2.75) is 36.2 Å². The summed E-state index contributed by atoms with van der Waals surface area (Å²) in [6, 6.07) is 34.6. The van der Waals surface area contributed by atoms with E-state index in [-0.39, 0.29) is 44.2 Å². The van der Waals surface area contributed by atoms with Crippen molar-refractivity contribution in [3.63, 3.8) is 0 Å². The molecule has 9 rings (SSSR count). The van der Waals surface area contributed by atoms with Gasteiger partial charge in [-0.25, -0.2) is 14.4 Å². The van der Waals surface area contributed by atoms with Gasteiger partial charge in [-0.3, -0.25) is 19.3 Å². The van der Waals surface area contributed by atoms with Crippen molar-refractivity contribution < 1.29 is 43.2 Å². The van der Waals surface area contributed by atoms with Crippen LogP contribution in [-0.2, 0) is 40.6 Å². The summed E-state index contributed by atoms with van der Waals surface area (Å²) >= 11 is 0. The molecule has 6 atom stereocenters. The highest BCUT2D eigenvalue weighted by molar-refractivity contribution is 6.23. The zero-order chi connectivity index (χ0) is 43.7. The first-order valence-corrected chi connectivity index (χ1v) is 20.4. The van der Waals surface area contributed by atoms with E-state index in [1.165, 1.54) is 7.11 Å². The third-order valence-electron chi connectivity index (χ3n) is 11.9. The normalized spacial score (nSPS) is 22.6. The van der Waals surface area contributed by atoms with Gasteiger partial charge in [-0.05, 0) is 64.7 Å². The Hall–Kier alpha value is -7.38. The highest BCUT2D eigenvalue weighted by atomic mass is 16.6. The lowest BCUT2D eigenvalue weighted by Crippen LogP contribution is -2.55. The van der Waals surface area contributed by atoms with Crippen LogP contribution in [0.5, 0.6) is 5.75 Å². The Balaban J connectivity index is 1.29. The molecule has 0 aliphatic carbocycles. The van der Waals surface area contributed by atoms with Crippen molar-refractivity contribution in [2.24, 2.45) is 11.7 Å². The number of benzene rings is 5. The summed E-state index contributed by atoms with van der Waals surface area (Å²) in [4.78, 5) is 62.2. The predicted molar refractivity (Wildman–Crippen MR) is 228 cm³/mol. The lowest BCUT2D eigenvalue weighted by atomic mass is 9.65. The molecule has 2 fully saturated rings. The second-order valence-electron chi connectivity index (χ2n) is 15.3. The number of ether oxygens (including phenoxy) is 4. The summed E-state index contributed by atoms with van der Waals surface area (Å²) in [7, 11) is 1.45. The Morgan fingerprint density at radius 1 is 0.841 bits per heavy atom. The lowest BCUT2D eigenvalue weighted by molar-refractivity contribution is -0.178. The molecule has 3 aliphatic heterocycles. The molecule has 6 aromatic rings. The van der Waals surface area contributed by atoms with E-state index in [1.54, 1.807) is 47.1 Å². The van der Waals surface area contributed by atoms with E-state index in [2.05, 4.69) is 22.2 Å². The van der Waals surface area contributed by atoms with Gasteiger partial charge < -0.3 is 29.8 Å². The molecule has 3 amide bonds. The number of rotatable bonds is 11. The number of aliphatic hydroxyl groups excluding tert-OH is 1. The fraction of sp³-hybridized carbons (Fsp3) is 0.250. The average Bonchev–Trinajstić information content (AvgIpc) is 3.95. The number of morpholine rings is 1. The Bertz CT molecular complexity index is 2750. The number of fused-ring (bicyclic) bond motifs is 4. The van der Waals surface area contributed by atoms with Crippen LogP contribution in [0.15, 0.2) is 127 Å². The van der Waals surface area contributed by atoms with E-state index >= 15 is 4.79 Å². The number of para-hydroxylation sites is 1. The fourth-order valence-corrected chi connectivity index (χ4v) is 9.43. The molecule has 4 heterocycles. The van der Waals surface area contributed by atoms with Gasteiger partial charge in [-0.1, -0.05) is 102 Å². The average molecular weight is 847 g/mol. The van der Waals surface area contributed by atoms with E-state index in [9.17, 15) is 19.5 Å². The van der Waals surface area contributed by atoms with Crippen molar-refractivity contribution in [3.05, 3.63) is 155 Å². The largest absolute Gasteiger partial charge is 0.491 e. The van der Waals surface area contributed by atoms with Gasteiger partial charge in [0.25, 0.3) is 0 Å². The number of nitrogens with two attached hydrogens (primary N) is 1. The summed E-state index contributed by atoms with van der Waals surface area (Å²) in [5.74, 6) is 2.64. The minimum atomic E-state index is -2.04. The fourth-order valence-electron chi connectivity index (χ4n) is 9.43. The van der Waals surface area contributed by atoms with E-state index in [4.69, 9.17) is 24.7 Å². The molecule has 15 nitrogen and oxygen atoms in total. The number of aliphatic hydroxyl groups is 1. The van der Waals surface area contributed by atoms with Crippen molar-refractivity contribution in [3.8, 4) is 17.6 Å². The highest BCUT2D eigenvalue weighted by Gasteiger charge is 2.75. The first-order valence-electron chi connectivity index (χ1n) is 20.4. The Kier molecular flexibility index (Phi) is 11.2. The van der Waals surface area contributed by atoms with Crippen molar-refractivity contribution in [1.29, 1.82) is 0 Å². The van der Waals surface area contributed by atoms with Crippen LogP contribution < -0.4 is 15.4 Å². The Morgan fingerprint density at radius 3 is 2.27 bits per heavy atom. The maximum atomic E-state index is 15.9. The number of hydrogen-bond acceptors (Lipinski definition) is 12. The number of methoxy groups -OCH3 is 1. The number of nitrogens with zero attached hydrogens (tertiary/aromatic N) is 5. The number of amides is 3. The van der Waals surface area contributed by atoms with Crippen molar-refractivity contribution in [1.82, 2.24) is 19.9 Å². The van der Waals surface area contributed by atoms with Crippen LogP contribution >= 0.6 is 0 Å². The van der Waals surface area contributed by atoms with Gasteiger partial charge >= 0.3 is 12.1 Å². The van der Waals surface area contributed by atoms with Gasteiger partial charge in [0.15, 0.2) is 0 Å². The molecule has 15 heteroatoms. The van der Waals surface area contributed by atoms with Crippen LogP contribution in [0.1, 0.15) is 46.0 Å². The van der Waals surface area contributed by atoms with Gasteiger partial charge in [0.05, 0.1) is 42.4 Å². The summed E-state index contributed by atoms with van der Waals surface area (Å²) in [6.45, 7) is -0.116. The summed E-state index contributed by atoms with van der Waals surface area (Å²) < 4.78 is 24.5. The molecular formula is C48H42N6O9. The molecule has 3 N–H and O–H groups in total. The quantitative estimate of drug-likeness (QED) is 0.103. The van der Waals surface area contributed by atoms with Crippen LogP contribution in [0.4, 0.5) is 10.5 Å². The number of esters is 1. The lowest BCUT2D eigenvalue weighted by Gasteiger charge is -2.46. The molecular weight excluding hydrogens is 805 g/mol. The van der Waals surface area contributed by atoms with Crippen LogP contribution in [-0.4, -0.2) is 88.5 Å². The molecule has 5 aromatic carbocycles. The number of hydrogen-bond donors (Lipinski definition) is 2. The van der Waals surface area contributed by atoms with Gasteiger partial charge in [-0.2, -0.15) is 0 Å². The third-order valence-corrected chi connectivity index (χ3v) is 11.9. The van der Waals surface area contributed by atoms with Gasteiger partial charge in [-0.15, -0.1) is 5.10 Å². The van der Waals surface area contributed by atoms with E-state index < -0.39 is 59.4 Å². The van der Waals surface area contributed by atoms with Crippen LogP contribution in [0.2, 0.25) is 0 Å². The molecule has 0 unspecified atom stereocenters. The number of carbonyl (C=O) groups is 4. The van der Waals surface area contributed by atoms with Crippen LogP contribution in [0, 0.1) is 17.8 Å². The highest BCUT2D eigenvalue weighted by Crippen LogP contribution is 2.65. The maximum Gasteiger partial charge on any atom is 0.421 e. The third kappa shape index (κ3) is 7.04. The Labute approximate surface area is 361 Å². The second kappa shape index (κ2) is 17.2. The number of primary amides is 1. The number of carbonyl (C=O) groups excluding carboxylic acids is 4. The SMILES string of the molecule is COCCOC(=O)N1C(=O)[C@@]2(c3cc(C#CCn4nnc5ccccc54)ccc31)[C@H](C(N)=O)[C@H]1C(=O)O[C@H](c3ccccc3)[C@H](c3ccccc3)N1[C@@H]2c1ccc(OCCO)cc1. The molecule has 1 spiro atoms. The monoisotopic (exact) mass is 846 g/mol. The first kappa shape index (κ1) is 41.0. The molecule has 318 valence electrons. The topological polar surface area (TPSA) is 189 Å². The molecule has 3 aliphatic rings. The van der Waals surface area contributed by atoms with Gasteiger partial charge in [0.2, 0.25) is 11.8 Å². The molecule has 0 saturated carbocycles. The molecule has 0 radical (unpaired) electrons. The minimum absolute atomic E-state index is 0.0360. The standard InChI is InChI=1S/C48H42N6O9/c1-60-27-28-62-47(59)53-37-23-18-30(11-10-24-52-38-17-9-8-16-36(38)50-51-52)29-35(37)48(46(53)58)39(44(49)56)41-45(57)63-42(32-14-6-3-7-15-32)40(31-12-4-2-5-13-31)54(41)43(48)33-19-21-34(22-20-33)61-26-25-55/h2-9,12-23,29,39-43,55H,24-28H2,1H3,(H2,49,56)/t39-,40-,41-,42+,43+,48-/m0/s1. The molecule has 2 saturated heterocycles. The molecule has 63 heavy (non-hydrogen) atoms. The van der Waals surface area contributed by atoms with Crippen molar-refractivity contribution in [2.75, 3.05) is 38.4 Å². The van der Waals surface area contributed by atoms with Crippen LogP contribution in [0.25, 0.3) is 11.0 Å². The number of aromatic nitrogens is 3. The molecule has 0 bridgehead atoms. The van der Waals surface area contributed by atoms with E-state index in [1.807, 2.05) is 89.8 Å². The zero-order valence-electron chi connectivity index (χ0n) is 34.1. The van der Waals surface area contributed by atoms with Gasteiger partial charge in [0, 0.05) is 12.7 Å². The summed E-state index contributed by atoms with van der Waals surface area (Å²) in [5.41, 5.74) is 8.68. The second-order valence-corrected chi connectivity index (χ2v) is 15.3. The first-order chi connectivity index (χ1) is 30.8. The van der Waals surface area contributed by atoms with E-state index in [0.29, 0.717) is 28.0 Å².